The summed E-state index contributed by atoms with van der Waals surface area (Å²) in [6, 6.07) is 8.80. The van der Waals surface area contributed by atoms with Crippen molar-refractivity contribution in [2.45, 2.75) is 11.7 Å². The van der Waals surface area contributed by atoms with Gasteiger partial charge in [0.05, 0.1) is 6.42 Å². The van der Waals surface area contributed by atoms with E-state index in [0.29, 0.717) is 11.3 Å². The number of carboxylic acid groups (broad SMARTS) is 2. The Balaban J connectivity index is 2.62. The Labute approximate surface area is 97.3 Å². The highest BCUT2D eigenvalue weighted by molar-refractivity contribution is 8.00. The first-order valence-electron chi connectivity index (χ1n) is 4.72. The van der Waals surface area contributed by atoms with Gasteiger partial charge in [0.2, 0.25) is 0 Å². The van der Waals surface area contributed by atoms with Crippen LogP contribution < -0.4 is 0 Å². The predicted molar refractivity (Wildman–Crippen MR) is 61.5 cm³/mol. The van der Waals surface area contributed by atoms with E-state index in [2.05, 4.69) is 0 Å². The molecular weight excluding hydrogens is 228 g/mol. The first kappa shape index (κ1) is 12.6. The van der Waals surface area contributed by atoms with Crippen LogP contribution >= 0.6 is 11.8 Å². The number of rotatable bonds is 6. The van der Waals surface area contributed by atoms with Gasteiger partial charge in [-0.2, -0.15) is 0 Å². The van der Waals surface area contributed by atoms with E-state index < -0.39 is 17.2 Å². The number of benzene rings is 1. The standard InChI is InChI=1S/C11H12O4S/c12-9(13)6-7-16-10(11(14)15)8-4-2-1-3-5-8/h1-5,10H,6-7H2,(H,12,13)(H,14,15)/t10-/m0/s1. The van der Waals surface area contributed by atoms with Crippen LogP contribution in [-0.4, -0.2) is 27.9 Å². The Kier molecular flexibility index (Phi) is 4.85. The second kappa shape index (κ2) is 6.17. The highest BCUT2D eigenvalue weighted by atomic mass is 32.2. The van der Waals surface area contributed by atoms with E-state index in [0.717, 1.165) is 11.8 Å². The summed E-state index contributed by atoms with van der Waals surface area (Å²) >= 11 is 1.13. The van der Waals surface area contributed by atoms with Crippen LogP contribution in [0.1, 0.15) is 17.2 Å². The van der Waals surface area contributed by atoms with Crippen LogP contribution in [0.3, 0.4) is 0 Å². The van der Waals surface area contributed by atoms with Gasteiger partial charge in [0.25, 0.3) is 0 Å². The Bertz CT molecular complexity index is 364. The lowest BCUT2D eigenvalue weighted by molar-refractivity contribution is -0.137. The lowest BCUT2D eigenvalue weighted by Crippen LogP contribution is -2.09. The molecule has 0 aromatic heterocycles. The Morgan fingerprint density at radius 3 is 2.31 bits per heavy atom. The molecule has 0 bridgehead atoms. The van der Waals surface area contributed by atoms with Crippen LogP contribution in [0.25, 0.3) is 0 Å². The van der Waals surface area contributed by atoms with Crippen molar-refractivity contribution in [3.63, 3.8) is 0 Å². The molecule has 1 rings (SSSR count). The molecule has 1 atom stereocenters. The maximum Gasteiger partial charge on any atom is 0.321 e. The molecule has 2 N–H and O–H groups in total. The molecule has 1 aromatic carbocycles. The molecular formula is C11H12O4S. The molecule has 86 valence electrons. The van der Waals surface area contributed by atoms with E-state index in [9.17, 15) is 9.59 Å². The lowest BCUT2D eigenvalue weighted by Gasteiger charge is -2.11. The summed E-state index contributed by atoms with van der Waals surface area (Å²) < 4.78 is 0. The number of aliphatic carboxylic acids is 2. The normalized spacial score (nSPS) is 12.0. The van der Waals surface area contributed by atoms with Crippen LogP contribution in [0, 0.1) is 0 Å². The molecule has 0 heterocycles. The largest absolute Gasteiger partial charge is 0.481 e. The van der Waals surface area contributed by atoms with Crippen molar-refractivity contribution in [2.75, 3.05) is 5.75 Å². The second-order valence-corrected chi connectivity index (χ2v) is 4.36. The van der Waals surface area contributed by atoms with Crippen molar-refractivity contribution < 1.29 is 19.8 Å². The fraction of sp³-hybridized carbons (Fsp3) is 0.273. The average molecular weight is 240 g/mol. The maximum atomic E-state index is 11.0. The van der Waals surface area contributed by atoms with Gasteiger partial charge >= 0.3 is 11.9 Å². The van der Waals surface area contributed by atoms with Gasteiger partial charge in [-0.3, -0.25) is 9.59 Å². The second-order valence-electron chi connectivity index (χ2n) is 3.14. The van der Waals surface area contributed by atoms with Crippen molar-refractivity contribution in [3.8, 4) is 0 Å². The highest BCUT2D eigenvalue weighted by Gasteiger charge is 2.19. The van der Waals surface area contributed by atoms with E-state index in [4.69, 9.17) is 10.2 Å². The summed E-state index contributed by atoms with van der Waals surface area (Å²) in [6.07, 6.45) is -0.0265. The molecule has 0 fully saturated rings. The summed E-state index contributed by atoms with van der Waals surface area (Å²) in [6.45, 7) is 0. The molecule has 0 aliphatic carbocycles. The van der Waals surface area contributed by atoms with Crippen LogP contribution in [-0.2, 0) is 9.59 Å². The van der Waals surface area contributed by atoms with Gasteiger partial charge in [-0.15, -0.1) is 11.8 Å². The smallest absolute Gasteiger partial charge is 0.321 e. The van der Waals surface area contributed by atoms with Crippen LogP contribution in [0.5, 0.6) is 0 Å². The maximum absolute atomic E-state index is 11.0. The predicted octanol–water partition coefficient (Wildman–Crippen LogP) is 2.02. The SMILES string of the molecule is O=C(O)CCS[C@H](C(=O)O)c1ccccc1. The molecule has 0 spiro atoms. The van der Waals surface area contributed by atoms with Gasteiger partial charge < -0.3 is 10.2 Å². The minimum absolute atomic E-state index is 0.0265. The zero-order valence-electron chi connectivity index (χ0n) is 8.50. The van der Waals surface area contributed by atoms with Gasteiger partial charge in [0.1, 0.15) is 5.25 Å². The summed E-state index contributed by atoms with van der Waals surface area (Å²) in [5.41, 5.74) is 0.686. The Morgan fingerprint density at radius 2 is 1.81 bits per heavy atom. The van der Waals surface area contributed by atoms with Gasteiger partial charge in [-0.05, 0) is 5.56 Å². The van der Waals surface area contributed by atoms with Crippen LogP contribution in [0.4, 0.5) is 0 Å². The van der Waals surface area contributed by atoms with Crippen LogP contribution in [0.2, 0.25) is 0 Å². The quantitative estimate of drug-likeness (QED) is 0.795. The molecule has 0 saturated carbocycles. The fourth-order valence-electron chi connectivity index (χ4n) is 1.20. The zero-order valence-corrected chi connectivity index (χ0v) is 9.31. The minimum Gasteiger partial charge on any atom is -0.481 e. The van der Waals surface area contributed by atoms with Crippen molar-refractivity contribution in [3.05, 3.63) is 35.9 Å². The number of hydrogen-bond donors (Lipinski definition) is 2. The first-order chi connectivity index (χ1) is 7.61. The van der Waals surface area contributed by atoms with E-state index in [-0.39, 0.29) is 6.42 Å². The topological polar surface area (TPSA) is 74.6 Å². The van der Waals surface area contributed by atoms with Gasteiger partial charge in [0, 0.05) is 5.75 Å². The van der Waals surface area contributed by atoms with Gasteiger partial charge in [-0.1, -0.05) is 30.3 Å². The summed E-state index contributed by atoms with van der Waals surface area (Å²) in [4.78, 5) is 21.3. The third-order valence-electron chi connectivity index (χ3n) is 1.93. The molecule has 0 radical (unpaired) electrons. The van der Waals surface area contributed by atoms with Crippen molar-refractivity contribution in [1.29, 1.82) is 0 Å². The van der Waals surface area contributed by atoms with Gasteiger partial charge in [-0.25, -0.2) is 0 Å². The first-order valence-corrected chi connectivity index (χ1v) is 5.77. The lowest BCUT2D eigenvalue weighted by atomic mass is 10.1. The molecule has 0 saturated heterocycles. The highest BCUT2D eigenvalue weighted by Crippen LogP contribution is 2.29. The summed E-state index contributed by atoms with van der Waals surface area (Å²) in [5.74, 6) is -1.56. The van der Waals surface area contributed by atoms with Gasteiger partial charge in [0.15, 0.2) is 0 Å². The molecule has 0 unspecified atom stereocenters. The monoisotopic (exact) mass is 240 g/mol. The fourth-order valence-corrected chi connectivity index (χ4v) is 2.22. The zero-order chi connectivity index (χ0) is 12.0. The third-order valence-corrected chi connectivity index (χ3v) is 3.17. The van der Waals surface area contributed by atoms with E-state index in [1.807, 2.05) is 6.07 Å². The average Bonchev–Trinajstić information content (AvgIpc) is 2.25. The van der Waals surface area contributed by atoms with Crippen LogP contribution in [0.15, 0.2) is 30.3 Å². The number of thioether (sulfide) groups is 1. The Hall–Kier alpha value is -1.49. The van der Waals surface area contributed by atoms with E-state index in [1.165, 1.54) is 0 Å². The molecule has 0 aliphatic rings. The minimum atomic E-state index is -0.943. The number of hydrogen-bond acceptors (Lipinski definition) is 3. The van der Waals surface area contributed by atoms with Crippen molar-refractivity contribution >= 4 is 23.7 Å². The van der Waals surface area contributed by atoms with E-state index in [1.54, 1.807) is 24.3 Å². The van der Waals surface area contributed by atoms with E-state index >= 15 is 0 Å². The van der Waals surface area contributed by atoms with Crippen molar-refractivity contribution in [2.24, 2.45) is 0 Å². The molecule has 5 heteroatoms. The molecule has 4 nitrogen and oxygen atoms in total. The summed E-state index contributed by atoms with van der Waals surface area (Å²) in [5, 5.41) is 16.8. The summed E-state index contributed by atoms with van der Waals surface area (Å²) in [7, 11) is 0. The number of carbonyl (C=O) groups is 2. The molecule has 0 amide bonds. The van der Waals surface area contributed by atoms with Crippen molar-refractivity contribution in [1.82, 2.24) is 0 Å². The number of carboxylic acids is 2. The molecule has 0 aliphatic heterocycles. The third kappa shape index (κ3) is 3.94. The molecule has 16 heavy (non-hydrogen) atoms. The molecule has 1 aromatic rings. The Morgan fingerprint density at radius 1 is 1.19 bits per heavy atom.